The lowest BCUT2D eigenvalue weighted by Crippen LogP contribution is -2.23. The smallest absolute Gasteiger partial charge is 0.288 e. The van der Waals surface area contributed by atoms with Crippen molar-refractivity contribution in [3.8, 4) is 0 Å². The van der Waals surface area contributed by atoms with Gasteiger partial charge in [-0.05, 0) is 49.2 Å². The number of thioether (sulfide) groups is 1. The van der Waals surface area contributed by atoms with Crippen molar-refractivity contribution >= 4 is 33.4 Å². The van der Waals surface area contributed by atoms with Gasteiger partial charge in [-0.25, -0.2) is 12.7 Å². The van der Waals surface area contributed by atoms with E-state index in [1.807, 2.05) is 0 Å². The number of aryl methyl sites for hydroxylation is 1. The zero-order chi connectivity index (χ0) is 20.4. The van der Waals surface area contributed by atoms with Crippen LogP contribution in [0.25, 0.3) is 0 Å². The average Bonchev–Trinajstić information content (AvgIpc) is 2.58. The molecule has 0 atom stereocenters. The Kier molecular flexibility index (Phi) is 6.61. The highest BCUT2D eigenvalue weighted by atomic mass is 32.2. The summed E-state index contributed by atoms with van der Waals surface area (Å²) in [6.45, 7) is 3.48. The van der Waals surface area contributed by atoms with Crippen LogP contribution >= 0.6 is 11.8 Å². The highest BCUT2D eigenvalue weighted by Crippen LogP contribution is 2.30. The van der Waals surface area contributed by atoms with Crippen molar-refractivity contribution in [3.05, 3.63) is 53.1 Å². The number of nitrogens with one attached hydrogen (secondary N) is 1. The number of hydrogen-bond acceptors (Lipinski definition) is 4. The molecule has 146 valence electrons. The monoisotopic (exact) mass is 414 g/mol. The lowest BCUT2D eigenvalue weighted by Gasteiger charge is -2.17. The summed E-state index contributed by atoms with van der Waals surface area (Å²) in [4.78, 5) is 12.8. The molecule has 0 unspecified atom stereocenters. The Bertz CT molecular complexity index is 961. The van der Waals surface area contributed by atoms with Crippen LogP contribution in [0, 0.1) is 13.8 Å². The number of carbonyl (C=O) groups is 1. The van der Waals surface area contributed by atoms with Crippen molar-refractivity contribution < 1.29 is 22.0 Å². The second-order valence-corrected chi connectivity index (χ2v) is 9.21. The maximum Gasteiger partial charge on any atom is 0.288 e. The molecule has 5 nitrogen and oxygen atoms in total. The molecule has 1 N–H and O–H groups in total. The van der Waals surface area contributed by atoms with Crippen molar-refractivity contribution in [3.63, 3.8) is 0 Å². The van der Waals surface area contributed by atoms with Gasteiger partial charge in [-0.3, -0.25) is 4.79 Å². The SMILES string of the molecule is Cc1cc(S(=O)(=O)N(C)C)cc(NC(=O)c2ccccc2SC(F)F)c1C. The predicted octanol–water partition coefficient (Wildman–Crippen LogP) is 4.12. The Hall–Kier alpha value is -1.97. The molecule has 0 spiro atoms. The lowest BCUT2D eigenvalue weighted by atomic mass is 10.1. The summed E-state index contributed by atoms with van der Waals surface area (Å²) >= 11 is 0.286. The minimum absolute atomic E-state index is 0.0427. The third-order valence-corrected chi connectivity index (χ3v) is 6.60. The number of anilines is 1. The molecule has 0 bridgehead atoms. The fourth-order valence-corrected chi connectivity index (χ4v) is 4.01. The molecule has 0 saturated heterocycles. The Labute approximate surface area is 161 Å². The van der Waals surface area contributed by atoms with Crippen LogP contribution in [-0.4, -0.2) is 38.5 Å². The Morgan fingerprint density at radius 1 is 1.15 bits per heavy atom. The van der Waals surface area contributed by atoms with Gasteiger partial charge >= 0.3 is 0 Å². The summed E-state index contributed by atoms with van der Waals surface area (Å²) < 4.78 is 51.3. The first-order valence-corrected chi connectivity index (χ1v) is 10.2. The second kappa shape index (κ2) is 8.37. The molecule has 2 rings (SSSR count). The van der Waals surface area contributed by atoms with Gasteiger partial charge in [0.25, 0.3) is 11.7 Å². The molecular weight excluding hydrogens is 394 g/mol. The van der Waals surface area contributed by atoms with Crippen LogP contribution in [-0.2, 0) is 10.0 Å². The van der Waals surface area contributed by atoms with E-state index in [4.69, 9.17) is 0 Å². The van der Waals surface area contributed by atoms with E-state index in [0.717, 1.165) is 4.31 Å². The van der Waals surface area contributed by atoms with Gasteiger partial charge in [-0.15, -0.1) is 0 Å². The molecule has 27 heavy (non-hydrogen) atoms. The van der Waals surface area contributed by atoms with Crippen molar-refractivity contribution in [1.82, 2.24) is 4.31 Å². The normalized spacial score (nSPS) is 11.9. The number of alkyl halides is 2. The van der Waals surface area contributed by atoms with E-state index >= 15 is 0 Å². The van der Waals surface area contributed by atoms with Gasteiger partial charge in [-0.2, -0.15) is 8.78 Å². The summed E-state index contributed by atoms with van der Waals surface area (Å²) in [5, 5.41) is 2.65. The van der Waals surface area contributed by atoms with Gasteiger partial charge in [0, 0.05) is 24.7 Å². The molecule has 0 aliphatic carbocycles. The van der Waals surface area contributed by atoms with Crippen LogP contribution in [0.15, 0.2) is 46.2 Å². The van der Waals surface area contributed by atoms with E-state index in [0.29, 0.717) is 16.8 Å². The van der Waals surface area contributed by atoms with Crippen molar-refractivity contribution in [2.24, 2.45) is 0 Å². The summed E-state index contributed by atoms with van der Waals surface area (Å²) in [5.74, 6) is -3.24. The summed E-state index contributed by atoms with van der Waals surface area (Å²) in [5.41, 5.74) is 1.79. The fraction of sp³-hybridized carbons (Fsp3) is 0.278. The molecule has 0 aliphatic heterocycles. The maximum atomic E-state index is 12.7. The standard InChI is InChI=1S/C18H20F2N2O3S2/c1-11-9-13(27(24,25)22(3)4)10-15(12(11)2)21-17(23)14-7-5-6-8-16(14)26-18(19)20/h5-10,18H,1-4H3,(H,21,23). The van der Waals surface area contributed by atoms with Crippen LogP contribution in [0.1, 0.15) is 21.5 Å². The van der Waals surface area contributed by atoms with Gasteiger partial charge in [0.1, 0.15) is 0 Å². The Morgan fingerprint density at radius 3 is 2.37 bits per heavy atom. The summed E-state index contributed by atoms with van der Waals surface area (Å²) in [6, 6.07) is 8.94. The topological polar surface area (TPSA) is 66.5 Å². The average molecular weight is 414 g/mol. The molecule has 1 amide bonds. The molecule has 2 aromatic rings. The lowest BCUT2D eigenvalue weighted by molar-refractivity contribution is 0.102. The molecule has 0 aliphatic rings. The van der Waals surface area contributed by atoms with E-state index in [9.17, 15) is 22.0 Å². The van der Waals surface area contributed by atoms with Crippen LogP contribution in [0.4, 0.5) is 14.5 Å². The Morgan fingerprint density at radius 2 is 1.78 bits per heavy atom. The van der Waals surface area contributed by atoms with Gasteiger partial charge in [-0.1, -0.05) is 23.9 Å². The number of benzene rings is 2. The first-order valence-electron chi connectivity index (χ1n) is 7.93. The quantitative estimate of drug-likeness (QED) is 0.722. The number of sulfonamides is 1. The van der Waals surface area contributed by atoms with Crippen LogP contribution in [0.5, 0.6) is 0 Å². The van der Waals surface area contributed by atoms with Crippen molar-refractivity contribution in [2.45, 2.75) is 29.4 Å². The van der Waals surface area contributed by atoms with Crippen LogP contribution in [0.2, 0.25) is 0 Å². The molecule has 0 fully saturated rings. The van der Waals surface area contributed by atoms with Gasteiger partial charge < -0.3 is 5.32 Å². The minimum atomic E-state index is -3.68. The molecule has 2 aromatic carbocycles. The van der Waals surface area contributed by atoms with E-state index in [1.165, 1.54) is 38.4 Å². The predicted molar refractivity (Wildman–Crippen MR) is 103 cm³/mol. The summed E-state index contributed by atoms with van der Waals surface area (Å²) in [6.07, 6.45) is 0. The summed E-state index contributed by atoms with van der Waals surface area (Å²) in [7, 11) is -0.850. The number of amides is 1. The number of nitrogens with zero attached hydrogens (tertiary/aromatic N) is 1. The van der Waals surface area contributed by atoms with Gasteiger partial charge in [0.05, 0.1) is 10.5 Å². The molecule has 9 heteroatoms. The first-order chi connectivity index (χ1) is 12.5. The third kappa shape index (κ3) is 4.85. The number of rotatable bonds is 6. The molecule has 0 heterocycles. The zero-order valence-corrected chi connectivity index (χ0v) is 16.9. The molecular formula is C18H20F2N2O3S2. The van der Waals surface area contributed by atoms with Crippen LogP contribution < -0.4 is 5.32 Å². The maximum absolute atomic E-state index is 12.7. The van der Waals surface area contributed by atoms with Crippen LogP contribution in [0.3, 0.4) is 0 Å². The van der Waals surface area contributed by atoms with Gasteiger partial charge in [0.2, 0.25) is 10.0 Å². The zero-order valence-electron chi connectivity index (χ0n) is 15.3. The first kappa shape index (κ1) is 21.3. The van der Waals surface area contributed by atoms with Gasteiger partial charge in [0.15, 0.2) is 0 Å². The molecule has 0 saturated carbocycles. The largest absolute Gasteiger partial charge is 0.322 e. The van der Waals surface area contributed by atoms with Crippen molar-refractivity contribution in [1.29, 1.82) is 0 Å². The number of halogens is 2. The fourth-order valence-electron chi connectivity index (χ4n) is 2.36. The van der Waals surface area contributed by atoms with E-state index in [-0.39, 0.29) is 27.1 Å². The Balaban J connectivity index is 2.44. The highest BCUT2D eigenvalue weighted by molar-refractivity contribution is 7.99. The number of hydrogen-bond donors (Lipinski definition) is 1. The van der Waals surface area contributed by atoms with E-state index in [2.05, 4.69) is 5.32 Å². The van der Waals surface area contributed by atoms with E-state index < -0.39 is 21.7 Å². The third-order valence-electron chi connectivity index (χ3n) is 4.02. The van der Waals surface area contributed by atoms with Crippen molar-refractivity contribution in [2.75, 3.05) is 19.4 Å². The number of carbonyl (C=O) groups excluding carboxylic acids is 1. The molecule has 0 aromatic heterocycles. The highest BCUT2D eigenvalue weighted by Gasteiger charge is 2.21. The second-order valence-electron chi connectivity index (χ2n) is 6.03. The molecule has 0 radical (unpaired) electrons. The minimum Gasteiger partial charge on any atom is -0.322 e. The van der Waals surface area contributed by atoms with E-state index in [1.54, 1.807) is 26.0 Å².